The van der Waals surface area contributed by atoms with Crippen LogP contribution in [0.25, 0.3) is 0 Å². The maximum Gasteiger partial charge on any atom is 0.226 e. The molecule has 19 heavy (non-hydrogen) atoms. The second-order valence-corrected chi connectivity index (χ2v) is 7.73. The lowest BCUT2D eigenvalue weighted by Gasteiger charge is -2.55. The number of carbonyl (C=O) groups is 1. The monoisotopic (exact) mass is 261 g/mol. The third-order valence-corrected chi connectivity index (χ3v) is 6.60. The maximum absolute atomic E-state index is 12.6. The van der Waals surface area contributed by atoms with Gasteiger partial charge in [0.1, 0.15) is 0 Å². The van der Waals surface area contributed by atoms with E-state index in [0.29, 0.717) is 11.8 Å². The van der Waals surface area contributed by atoms with Crippen molar-refractivity contribution in [3.8, 4) is 0 Å². The molecule has 0 aromatic carbocycles. The average Bonchev–Trinajstić information content (AvgIpc) is 2.71. The first-order valence-corrected chi connectivity index (χ1v) is 8.55. The molecule has 4 aliphatic carbocycles. The van der Waals surface area contributed by atoms with Crippen LogP contribution in [-0.2, 0) is 4.79 Å². The lowest BCUT2D eigenvalue weighted by atomic mass is 9.49. The Bertz CT molecular complexity index is 349. The molecule has 1 heterocycles. The fourth-order valence-electron chi connectivity index (χ4n) is 6.24. The van der Waals surface area contributed by atoms with Gasteiger partial charge < -0.3 is 4.90 Å². The van der Waals surface area contributed by atoms with Crippen molar-refractivity contribution in [3.05, 3.63) is 0 Å². The van der Waals surface area contributed by atoms with Crippen LogP contribution < -0.4 is 0 Å². The molecule has 2 heteroatoms. The van der Waals surface area contributed by atoms with E-state index in [1.807, 2.05) is 0 Å². The summed E-state index contributed by atoms with van der Waals surface area (Å²) in [5.74, 6) is 5.56. The van der Waals surface area contributed by atoms with E-state index in [2.05, 4.69) is 11.8 Å². The van der Waals surface area contributed by atoms with Crippen molar-refractivity contribution in [1.82, 2.24) is 4.90 Å². The molecule has 106 valence electrons. The molecule has 1 atom stereocenters. The van der Waals surface area contributed by atoms with Crippen LogP contribution in [0.5, 0.6) is 0 Å². The van der Waals surface area contributed by atoms with E-state index in [0.717, 1.165) is 55.5 Å². The predicted octanol–water partition coefficient (Wildman–Crippen LogP) is 3.32. The van der Waals surface area contributed by atoms with E-state index in [1.165, 1.54) is 32.1 Å². The molecule has 0 radical (unpaired) electrons. The van der Waals surface area contributed by atoms with Crippen LogP contribution in [0.4, 0.5) is 0 Å². The van der Waals surface area contributed by atoms with Crippen molar-refractivity contribution in [1.29, 1.82) is 0 Å². The summed E-state index contributed by atoms with van der Waals surface area (Å²) in [6.45, 7) is 4.21. The maximum atomic E-state index is 12.6. The van der Waals surface area contributed by atoms with Gasteiger partial charge >= 0.3 is 0 Å². The van der Waals surface area contributed by atoms with Gasteiger partial charge in [-0.3, -0.25) is 4.79 Å². The number of likely N-dealkylation sites (tertiary alicyclic amines) is 1. The lowest BCUT2D eigenvalue weighted by Crippen LogP contribution is -2.49. The Hall–Kier alpha value is -0.530. The van der Waals surface area contributed by atoms with E-state index in [4.69, 9.17) is 0 Å². The zero-order valence-corrected chi connectivity index (χ0v) is 12.2. The van der Waals surface area contributed by atoms with E-state index >= 15 is 0 Å². The minimum atomic E-state index is 0.404. The fraction of sp³-hybridized carbons (Fsp3) is 0.941. The second-order valence-electron chi connectivity index (χ2n) is 7.73. The zero-order valence-electron chi connectivity index (χ0n) is 12.2. The fourth-order valence-corrected chi connectivity index (χ4v) is 6.24. The predicted molar refractivity (Wildman–Crippen MR) is 75.5 cm³/mol. The third-order valence-electron chi connectivity index (χ3n) is 6.60. The molecule has 2 nitrogen and oxygen atoms in total. The first kappa shape index (κ1) is 12.2. The van der Waals surface area contributed by atoms with Crippen molar-refractivity contribution in [2.24, 2.45) is 35.5 Å². The van der Waals surface area contributed by atoms with Gasteiger partial charge in [0, 0.05) is 19.0 Å². The van der Waals surface area contributed by atoms with Gasteiger partial charge in [-0.05, 0) is 74.5 Å². The van der Waals surface area contributed by atoms with Crippen molar-refractivity contribution in [2.45, 2.75) is 51.9 Å². The van der Waals surface area contributed by atoms with Crippen molar-refractivity contribution in [3.63, 3.8) is 0 Å². The summed E-state index contributed by atoms with van der Waals surface area (Å²) >= 11 is 0. The summed E-state index contributed by atoms with van der Waals surface area (Å²) in [5, 5.41) is 0. The van der Waals surface area contributed by atoms with Gasteiger partial charge in [-0.25, -0.2) is 0 Å². The average molecular weight is 261 g/mol. The van der Waals surface area contributed by atoms with Crippen LogP contribution in [0.1, 0.15) is 51.9 Å². The van der Waals surface area contributed by atoms with Crippen LogP contribution in [0.3, 0.4) is 0 Å². The smallest absolute Gasteiger partial charge is 0.226 e. The number of nitrogens with zero attached hydrogens (tertiary/aromatic N) is 1. The normalized spacial score (nSPS) is 48.3. The SMILES string of the molecule is CCCN1CCC(C2C3CC4CC(C3)CC2C4)C1=O. The summed E-state index contributed by atoms with van der Waals surface area (Å²) in [6, 6.07) is 0. The van der Waals surface area contributed by atoms with Gasteiger partial charge in [0.05, 0.1) is 0 Å². The quantitative estimate of drug-likeness (QED) is 0.763. The topological polar surface area (TPSA) is 20.3 Å². The largest absolute Gasteiger partial charge is 0.342 e. The van der Waals surface area contributed by atoms with Crippen LogP contribution >= 0.6 is 0 Å². The minimum Gasteiger partial charge on any atom is -0.342 e. The molecule has 1 saturated heterocycles. The Balaban J connectivity index is 1.52. The molecule has 1 aliphatic heterocycles. The van der Waals surface area contributed by atoms with E-state index in [1.54, 1.807) is 0 Å². The Kier molecular flexibility index (Phi) is 2.89. The van der Waals surface area contributed by atoms with Gasteiger partial charge in [0.2, 0.25) is 5.91 Å². The summed E-state index contributed by atoms with van der Waals surface area (Å²) in [4.78, 5) is 14.8. The minimum absolute atomic E-state index is 0.404. The first-order valence-electron chi connectivity index (χ1n) is 8.55. The van der Waals surface area contributed by atoms with E-state index in [-0.39, 0.29) is 0 Å². The summed E-state index contributed by atoms with van der Waals surface area (Å²) in [6.07, 6.45) is 9.60. The Labute approximate surface area is 116 Å². The standard InChI is InChI=1S/C17H27NO/c1-2-4-18-5-3-15(17(18)19)16-13-7-11-6-12(9-13)10-14(16)8-11/h11-16H,2-10H2,1H3. The second kappa shape index (κ2) is 4.49. The molecule has 5 fully saturated rings. The highest BCUT2D eigenvalue weighted by Crippen LogP contribution is 2.59. The van der Waals surface area contributed by atoms with Gasteiger partial charge in [-0.1, -0.05) is 6.92 Å². The summed E-state index contributed by atoms with van der Waals surface area (Å²) in [5.41, 5.74) is 0. The number of amides is 1. The highest BCUT2D eigenvalue weighted by atomic mass is 16.2. The lowest BCUT2D eigenvalue weighted by molar-refractivity contribution is -0.138. The van der Waals surface area contributed by atoms with Crippen LogP contribution in [0.15, 0.2) is 0 Å². The molecule has 0 N–H and O–H groups in total. The molecule has 1 amide bonds. The number of hydrogen-bond acceptors (Lipinski definition) is 1. The van der Waals surface area contributed by atoms with E-state index in [9.17, 15) is 4.79 Å². The van der Waals surface area contributed by atoms with Crippen molar-refractivity contribution >= 4 is 5.91 Å². The molecule has 4 saturated carbocycles. The summed E-state index contributed by atoms with van der Waals surface area (Å²) in [7, 11) is 0. The number of rotatable bonds is 3. The van der Waals surface area contributed by atoms with Gasteiger partial charge in [0.15, 0.2) is 0 Å². The molecule has 0 aromatic rings. The van der Waals surface area contributed by atoms with Gasteiger partial charge in [0.25, 0.3) is 0 Å². The first-order chi connectivity index (χ1) is 9.26. The molecular weight excluding hydrogens is 234 g/mol. The van der Waals surface area contributed by atoms with Crippen molar-refractivity contribution in [2.75, 3.05) is 13.1 Å². The van der Waals surface area contributed by atoms with Gasteiger partial charge in [-0.15, -0.1) is 0 Å². The highest BCUT2D eigenvalue weighted by molar-refractivity contribution is 5.81. The van der Waals surface area contributed by atoms with Crippen LogP contribution in [-0.4, -0.2) is 23.9 Å². The highest BCUT2D eigenvalue weighted by Gasteiger charge is 2.53. The number of carbonyl (C=O) groups excluding carboxylic acids is 1. The molecule has 0 aromatic heterocycles. The Morgan fingerprint density at radius 3 is 2.26 bits per heavy atom. The third kappa shape index (κ3) is 1.86. The molecule has 4 bridgehead atoms. The molecule has 1 unspecified atom stereocenters. The zero-order chi connectivity index (χ0) is 13.0. The van der Waals surface area contributed by atoms with Crippen molar-refractivity contribution < 1.29 is 4.79 Å². The van der Waals surface area contributed by atoms with Crippen LogP contribution in [0, 0.1) is 35.5 Å². The Morgan fingerprint density at radius 2 is 1.68 bits per heavy atom. The van der Waals surface area contributed by atoms with E-state index < -0.39 is 0 Å². The van der Waals surface area contributed by atoms with Crippen LogP contribution in [0.2, 0.25) is 0 Å². The molecular formula is C17H27NO. The van der Waals surface area contributed by atoms with Gasteiger partial charge in [-0.2, -0.15) is 0 Å². The molecule has 0 spiro atoms. The molecule has 5 rings (SSSR count). The Morgan fingerprint density at radius 1 is 1.05 bits per heavy atom. The summed E-state index contributed by atoms with van der Waals surface area (Å²) < 4.78 is 0. The molecule has 5 aliphatic rings. The number of hydrogen-bond donors (Lipinski definition) is 0.